The molecular formula is C20H32FN5O. The zero-order valence-electron chi connectivity index (χ0n) is 16.5. The van der Waals surface area contributed by atoms with Gasteiger partial charge >= 0.3 is 0 Å². The van der Waals surface area contributed by atoms with Crippen LogP contribution in [0.5, 0.6) is 0 Å². The lowest BCUT2D eigenvalue weighted by molar-refractivity contribution is 0.114. The number of piperazine rings is 1. The fourth-order valence-corrected chi connectivity index (χ4v) is 3.64. The van der Waals surface area contributed by atoms with Crippen molar-refractivity contribution in [2.24, 2.45) is 4.99 Å². The van der Waals surface area contributed by atoms with Crippen LogP contribution in [0.1, 0.15) is 25.3 Å². The molecule has 0 spiro atoms. The summed E-state index contributed by atoms with van der Waals surface area (Å²) in [7, 11) is 1.74. The normalized spacial score (nSPS) is 21.5. The molecule has 0 aliphatic carbocycles. The van der Waals surface area contributed by atoms with Gasteiger partial charge in [-0.1, -0.05) is 13.0 Å². The van der Waals surface area contributed by atoms with Gasteiger partial charge in [0.05, 0.1) is 11.8 Å². The Kier molecular flexibility index (Phi) is 7.29. The Balaban J connectivity index is 1.49. The predicted octanol–water partition coefficient (Wildman–Crippen LogP) is 1.81. The van der Waals surface area contributed by atoms with Crippen LogP contribution in [0.15, 0.2) is 23.2 Å². The van der Waals surface area contributed by atoms with Crippen LogP contribution in [0.3, 0.4) is 0 Å². The minimum atomic E-state index is -0.151. The van der Waals surface area contributed by atoms with Gasteiger partial charge in [-0.3, -0.25) is 4.99 Å². The number of rotatable bonds is 6. The molecule has 2 heterocycles. The smallest absolute Gasteiger partial charge is 0.191 e. The van der Waals surface area contributed by atoms with E-state index < -0.39 is 0 Å². The zero-order valence-corrected chi connectivity index (χ0v) is 16.5. The van der Waals surface area contributed by atoms with Crippen molar-refractivity contribution in [3.8, 4) is 0 Å². The molecule has 6 nitrogen and oxygen atoms in total. The summed E-state index contributed by atoms with van der Waals surface area (Å²) >= 11 is 0. The molecule has 2 aliphatic heterocycles. The van der Waals surface area contributed by atoms with Crippen molar-refractivity contribution in [2.45, 2.75) is 32.4 Å². The first kappa shape index (κ1) is 19.9. The number of aliphatic imine (C=N–C) groups is 1. The number of anilines is 1. The molecule has 1 atom stereocenters. The summed E-state index contributed by atoms with van der Waals surface area (Å²) in [5, 5.41) is 6.52. The van der Waals surface area contributed by atoms with Crippen LogP contribution in [-0.2, 0) is 11.3 Å². The number of likely N-dealkylation sites (N-methyl/N-ethyl adjacent to an activating group) is 1. The number of hydrogen-bond acceptors (Lipinski definition) is 4. The van der Waals surface area contributed by atoms with E-state index >= 15 is 0 Å². The number of halogens is 1. The average Bonchev–Trinajstić information content (AvgIpc) is 3.22. The largest absolute Gasteiger partial charge is 0.376 e. The number of ether oxygens (including phenoxy) is 1. The first-order chi connectivity index (χ1) is 13.2. The van der Waals surface area contributed by atoms with Crippen molar-refractivity contribution in [3.63, 3.8) is 0 Å². The van der Waals surface area contributed by atoms with E-state index in [1.807, 2.05) is 12.1 Å². The summed E-state index contributed by atoms with van der Waals surface area (Å²) < 4.78 is 20.2. The molecule has 2 aliphatic rings. The first-order valence-corrected chi connectivity index (χ1v) is 10.0. The van der Waals surface area contributed by atoms with Crippen LogP contribution in [-0.4, -0.2) is 69.9 Å². The van der Waals surface area contributed by atoms with Crippen molar-refractivity contribution in [2.75, 3.05) is 57.8 Å². The van der Waals surface area contributed by atoms with Gasteiger partial charge in [0.2, 0.25) is 0 Å². The van der Waals surface area contributed by atoms with Gasteiger partial charge in [-0.05, 0) is 37.1 Å². The highest BCUT2D eigenvalue weighted by atomic mass is 19.1. The van der Waals surface area contributed by atoms with Crippen molar-refractivity contribution in [1.82, 2.24) is 15.5 Å². The molecule has 1 aromatic carbocycles. The van der Waals surface area contributed by atoms with Crippen molar-refractivity contribution in [1.29, 1.82) is 0 Å². The molecule has 3 rings (SSSR count). The van der Waals surface area contributed by atoms with Crippen LogP contribution in [0.4, 0.5) is 10.1 Å². The second kappa shape index (κ2) is 9.90. The maximum Gasteiger partial charge on any atom is 0.191 e. The van der Waals surface area contributed by atoms with Gasteiger partial charge in [0.1, 0.15) is 5.82 Å². The van der Waals surface area contributed by atoms with Gasteiger partial charge in [-0.25, -0.2) is 4.39 Å². The minimum absolute atomic E-state index is 0.151. The van der Waals surface area contributed by atoms with Gasteiger partial charge in [-0.15, -0.1) is 0 Å². The Morgan fingerprint density at radius 1 is 1.26 bits per heavy atom. The van der Waals surface area contributed by atoms with Gasteiger partial charge in [0.15, 0.2) is 5.96 Å². The van der Waals surface area contributed by atoms with E-state index in [1.54, 1.807) is 13.1 Å². The number of benzene rings is 1. The standard InChI is InChI=1S/C20H32FN5O/c1-3-25-8-10-26(11-9-25)19-7-6-16(13-18(19)21)14-23-20(22-2)24-15-17-5-4-12-27-17/h6-7,13,17H,3-5,8-12,14-15H2,1-2H3,(H2,22,23,24). The molecule has 0 aromatic heterocycles. The quantitative estimate of drug-likeness (QED) is 0.585. The molecule has 0 bridgehead atoms. The Bertz CT molecular complexity index is 625. The summed E-state index contributed by atoms with van der Waals surface area (Å²) in [6, 6.07) is 5.52. The van der Waals surface area contributed by atoms with E-state index in [0.717, 1.165) is 64.3 Å². The van der Waals surface area contributed by atoms with Gasteiger partial charge in [-0.2, -0.15) is 0 Å². The SMILES string of the molecule is CCN1CCN(c2ccc(CNC(=NC)NCC3CCCO3)cc2F)CC1. The van der Waals surface area contributed by atoms with Crippen molar-refractivity contribution in [3.05, 3.63) is 29.6 Å². The fraction of sp³-hybridized carbons (Fsp3) is 0.650. The molecule has 2 saturated heterocycles. The van der Waals surface area contributed by atoms with Gasteiger partial charge < -0.3 is 25.2 Å². The minimum Gasteiger partial charge on any atom is -0.376 e. The molecule has 150 valence electrons. The van der Waals surface area contributed by atoms with E-state index in [-0.39, 0.29) is 11.9 Å². The number of nitrogens with zero attached hydrogens (tertiary/aromatic N) is 3. The summed E-state index contributed by atoms with van der Waals surface area (Å²) in [5.41, 5.74) is 1.61. The lowest BCUT2D eigenvalue weighted by atomic mass is 10.1. The predicted molar refractivity (Wildman–Crippen MR) is 108 cm³/mol. The number of hydrogen-bond donors (Lipinski definition) is 2. The van der Waals surface area contributed by atoms with E-state index in [1.165, 1.54) is 0 Å². The van der Waals surface area contributed by atoms with Crippen LogP contribution in [0, 0.1) is 5.82 Å². The van der Waals surface area contributed by atoms with E-state index in [0.29, 0.717) is 18.2 Å². The summed E-state index contributed by atoms with van der Waals surface area (Å²) in [6.45, 7) is 9.09. The zero-order chi connectivity index (χ0) is 19.1. The molecule has 2 fully saturated rings. The summed E-state index contributed by atoms with van der Waals surface area (Å²) in [6.07, 6.45) is 2.47. The second-order valence-electron chi connectivity index (χ2n) is 7.15. The second-order valence-corrected chi connectivity index (χ2v) is 7.15. The highest BCUT2D eigenvalue weighted by Crippen LogP contribution is 2.22. The van der Waals surface area contributed by atoms with Crippen molar-refractivity contribution >= 4 is 11.6 Å². The Morgan fingerprint density at radius 3 is 2.70 bits per heavy atom. The summed E-state index contributed by atoms with van der Waals surface area (Å²) in [5.74, 6) is 0.562. The van der Waals surface area contributed by atoms with Crippen LogP contribution in [0.2, 0.25) is 0 Å². The lowest BCUT2D eigenvalue weighted by Gasteiger charge is -2.35. The summed E-state index contributed by atoms with van der Waals surface area (Å²) in [4.78, 5) is 8.76. The highest BCUT2D eigenvalue weighted by Gasteiger charge is 2.19. The molecule has 1 aromatic rings. The lowest BCUT2D eigenvalue weighted by Crippen LogP contribution is -2.46. The molecule has 1 unspecified atom stereocenters. The Morgan fingerprint density at radius 2 is 2.07 bits per heavy atom. The van der Waals surface area contributed by atoms with Gasteiger partial charge in [0.25, 0.3) is 0 Å². The van der Waals surface area contributed by atoms with Crippen LogP contribution < -0.4 is 15.5 Å². The van der Waals surface area contributed by atoms with Crippen molar-refractivity contribution < 1.29 is 9.13 Å². The van der Waals surface area contributed by atoms with Crippen LogP contribution >= 0.6 is 0 Å². The molecule has 7 heteroatoms. The number of nitrogens with one attached hydrogen (secondary N) is 2. The van der Waals surface area contributed by atoms with E-state index in [9.17, 15) is 4.39 Å². The first-order valence-electron chi connectivity index (χ1n) is 10.0. The maximum absolute atomic E-state index is 14.6. The van der Waals surface area contributed by atoms with Gasteiger partial charge in [0, 0.05) is 52.9 Å². The molecular weight excluding hydrogens is 345 g/mol. The highest BCUT2D eigenvalue weighted by molar-refractivity contribution is 5.79. The van der Waals surface area contributed by atoms with E-state index in [4.69, 9.17) is 4.74 Å². The average molecular weight is 378 g/mol. The third kappa shape index (κ3) is 5.56. The Labute approximate surface area is 161 Å². The fourth-order valence-electron chi connectivity index (χ4n) is 3.64. The third-order valence-corrected chi connectivity index (χ3v) is 5.38. The van der Waals surface area contributed by atoms with Crippen LogP contribution in [0.25, 0.3) is 0 Å². The topological polar surface area (TPSA) is 52.1 Å². The Hall–Kier alpha value is -1.86. The molecule has 27 heavy (non-hydrogen) atoms. The number of guanidine groups is 1. The maximum atomic E-state index is 14.6. The third-order valence-electron chi connectivity index (χ3n) is 5.38. The molecule has 0 radical (unpaired) electrons. The monoisotopic (exact) mass is 377 g/mol. The molecule has 0 saturated carbocycles. The molecule has 0 amide bonds. The van der Waals surface area contributed by atoms with E-state index in [2.05, 4.69) is 32.3 Å². The molecule has 2 N–H and O–H groups in total.